The van der Waals surface area contributed by atoms with Crippen molar-refractivity contribution in [3.8, 4) is 5.75 Å². The van der Waals surface area contributed by atoms with E-state index in [9.17, 15) is 4.39 Å². The molecule has 0 aliphatic carbocycles. The summed E-state index contributed by atoms with van der Waals surface area (Å²) in [5.74, 6) is 0.0856. The Bertz CT molecular complexity index is 233. The molecule has 0 aliphatic heterocycles. The minimum Gasteiger partial charge on any atom is -0.496 e. The van der Waals surface area contributed by atoms with Gasteiger partial charge in [0.1, 0.15) is 11.6 Å². The van der Waals surface area contributed by atoms with E-state index in [1.165, 1.54) is 7.11 Å². The molecular formula is C8H8FO. The van der Waals surface area contributed by atoms with Gasteiger partial charge < -0.3 is 4.74 Å². The highest BCUT2D eigenvalue weighted by Gasteiger charge is 1.97. The molecule has 0 atom stereocenters. The van der Waals surface area contributed by atoms with Crippen molar-refractivity contribution in [3.63, 3.8) is 0 Å². The average molecular weight is 139 g/mol. The molecule has 0 saturated heterocycles. The summed E-state index contributed by atoms with van der Waals surface area (Å²) < 4.78 is 17.4. The van der Waals surface area contributed by atoms with Crippen LogP contribution in [-0.2, 0) is 0 Å². The van der Waals surface area contributed by atoms with Crippen LogP contribution in [0.2, 0.25) is 0 Å². The van der Waals surface area contributed by atoms with Gasteiger partial charge >= 0.3 is 0 Å². The van der Waals surface area contributed by atoms with Gasteiger partial charge in [-0.3, -0.25) is 0 Å². The molecule has 10 heavy (non-hydrogen) atoms. The van der Waals surface area contributed by atoms with Gasteiger partial charge in [0, 0.05) is 0 Å². The lowest BCUT2D eigenvalue weighted by Crippen LogP contribution is -1.86. The molecule has 0 unspecified atom stereocenters. The predicted molar refractivity (Wildman–Crippen MR) is 36.5 cm³/mol. The molecule has 0 heterocycles. The Morgan fingerprint density at radius 1 is 1.50 bits per heavy atom. The molecule has 1 aromatic carbocycles. The molecule has 0 aliphatic rings. The first-order valence-electron chi connectivity index (χ1n) is 2.96. The van der Waals surface area contributed by atoms with Crippen LogP contribution < -0.4 is 4.74 Å². The summed E-state index contributed by atoms with van der Waals surface area (Å²) in [6.07, 6.45) is 0. The van der Waals surface area contributed by atoms with Gasteiger partial charge in [-0.2, -0.15) is 0 Å². The number of hydrogen-bond donors (Lipinski definition) is 0. The third kappa shape index (κ3) is 1.26. The second kappa shape index (κ2) is 2.69. The number of halogens is 1. The molecule has 1 rings (SSSR count). The van der Waals surface area contributed by atoms with Crippen LogP contribution in [0.25, 0.3) is 0 Å². The van der Waals surface area contributed by atoms with Gasteiger partial charge in [0.2, 0.25) is 0 Å². The fourth-order valence-corrected chi connectivity index (χ4v) is 0.641. The Morgan fingerprint density at radius 3 is 2.70 bits per heavy atom. The Hall–Kier alpha value is -1.05. The van der Waals surface area contributed by atoms with E-state index in [2.05, 4.69) is 6.07 Å². The number of aryl methyl sites for hydroxylation is 1. The van der Waals surface area contributed by atoms with Crippen molar-refractivity contribution in [2.75, 3.05) is 7.11 Å². The molecule has 0 saturated carbocycles. The molecule has 0 amide bonds. The van der Waals surface area contributed by atoms with Crippen molar-refractivity contribution in [1.82, 2.24) is 0 Å². The minimum absolute atomic E-state index is 0.348. The highest BCUT2D eigenvalue weighted by molar-refractivity contribution is 5.26. The lowest BCUT2D eigenvalue weighted by molar-refractivity contribution is 0.409. The van der Waals surface area contributed by atoms with Crippen LogP contribution in [0.5, 0.6) is 5.75 Å². The maximum absolute atomic E-state index is 12.6. The van der Waals surface area contributed by atoms with E-state index in [0.29, 0.717) is 11.3 Å². The first-order valence-corrected chi connectivity index (χ1v) is 2.96. The van der Waals surface area contributed by atoms with Crippen LogP contribution in [-0.4, -0.2) is 7.11 Å². The zero-order chi connectivity index (χ0) is 7.56. The van der Waals surface area contributed by atoms with Crippen molar-refractivity contribution in [2.24, 2.45) is 0 Å². The van der Waals surface area contributed by atoms with Crippen LogP contribution in [0.3, 0.4) is 0 Å². The predicted octanol–water partition coefficient (Wildman–Crippen LogP) is 1.94. The highest BCUT2D eigenvalue weighted by Crippen LogP contribution is 2.13. The van der Waals surface area contributed by atoms with Crippen LogP contribution in [0.1, 0.15) is 5.56 Å². The van der Waals surface area contributed by atoms with Gasteiger partial charge in [0.05, 0.1) is 13.2 Å². The molecule has 0 fully saturated rings. The third-order valence-electron chi connectivity index (χ3n) is 1.28. The number of hydrogen-bond acceptors (Lipinski definition) is 1. The van der Waals surface area contributed by atoms with Gasteiger partial charge in [0.15, 0.2) is 0 Å². The van der Waals surface area contributed by atoms with Crippen molar-refractivity contribution >= 4 is 0 Å². The molecule has 0 aromatic heterocycles. The summed E-state index contributed by atoms with van der Waals surface area (Å²) in [6, 6.07) is 5.77. The lowest BCUT2D eigenvalue weighted by atomic mass is 10.2. The largest absolute Gasteiger partial charge is 0.496 e. The van der Waals surface area contributed by atoms with Crippen molar-refractivity contribution in [3.05, 3.63) is 29.6 Å². The minimum atomic E-state index is -0.348. The topological polar surface area (TPSA) is 9.23 Å². The maximum Gasteiger partial charge on any atom is 0.137 e. The summed E-state index contributed by atoms with van der Waals surface area (Å²) in [5.41, 5.74) is 0.584. The summed E-state index contributed by atoms with van der Waals surface area (Å²) in [7, 11) is 1.49. The normalized spacial score (nSPS) is 9.50. The molecule has 1 aromatic rings. The first-order chi connectivity index (χ1) is 4.74. The van der Waals surface area contributed by atoms with E-state index in [-0.39, 0.29) is 5.82 Å². The summed E-state index contributed by atoms with van der Waals surface area (Å²) in [4.78, 5) is 0. The fraction of sp³-hybridized carbons (Fsp3) is 0.250. The summed E-state index contributed by atoms with van der Waals surface area (Å²) >= 11 is 0. The zero-order valence-corrected chi connectivity index (χ0v) is 5.94. The highest BCUT2D eigenvalue weighted by atomic mass is 19.1. The third-order valence-corrected chi connectivity index (χ3v) is 1.28. The van der Waals surface area contributed by atoms with Crippen LogP contribution in [0.4, 0.5) is 4.39 Å². The van der Waals surface area contributed by atoms with Crippen LogP contribution >= 0.6 is 0 Å². The summed E-state index contributed by atoms with van der Waals surface area (Å²) in [5, 5.41) is 0. The average Bonchev–Trinajstić information content (AvgIpc) is 1.95. The zero-order valence-electron chi connectivity index (χ0n) is 5.94. The Balaban J connectivity index is 3.04. The Kier molecular flexibility index (Phi) is 1.90. The first kappa shape index (κ1) is 7.06. The lowest BCUT2D eigenvalue weighted by Gasteiger charge is -1.98. The Morgan fingerprint density at radius 2 is 2.20 bits per heavy atom. The monoisotopic (exact) mass is 139 g/mol. The quantitative estimate of drug-likeness (QED) is 0.577. The van der Waals surface area contributed by atoms with Gasteiger partial charge in [-0.15, -0.1) is 0 Å². The second-order valence-corrected chi connectivity index (χ2v) is 2.02. The van der Waals surface area contributed by atoms with E-state index in [1.54, 1.807) is 19.1 Å². The fourth-order valence-electron chi connectivity index (χ4n) is 0.641. The van der Waals surface area contributed by atoms with Crippen molar-refractivity contribution in [2.45, 2.75) is 6.92 Å². The van der Waals surface area contributed by atoms with Gasteiger partial charge in [0.25, 0.3) is 0 Å². The van der Waals surface area contributed by atoms with Gasteiger partial charge in [-0.25, -0.2) is 4.39 Å². The SMILES string of the molecule is COc1[c]c(F)c(C)cc1. The maximum atomic E-state index is 12.6. The standard InChI is InChI=1S/C8H8FO/c1-6-3-4-7(10-2)5-8(6)9/h3-4H,1-2H3. The number of rotatable bonds is 1. The second-order valence-electron chi connectivity index (χ2n) is 2.02. The molecule has 0 spiro atoms. The molecule has 0 bridgehead atoms. The van der Waals surface area contributed by atoms with Crippen molar-refractivity contribution < 1.29 is 9.13 Å². The molecule has 2 heteroatoms. The van der Waals surface area contributed by atoms with Crippen LogP contribution in [0.15, 0.2) is 12.1 Å². The molecular weight excluding hydrogens is 131 g/mol. The van der Waals surface area contributed by atoms with E-state index in [0.717, 1.165) is 0 Å². The molecule has 0 N–H and O–H groups in total. The number of ether oxygens (including phenoxy) is 1. The van der Waals surface area contributed by atoms with Gasteiger partial charge in [-0.1, -0.05) is 6.07 Å². The van der Waals surface area contributed by atoms with E-state index < -0.39 is 0 Å². The van der Waals surface area contributed by atoms with Gasteiger partial charge in [-0.05, 0) is 18.6 Å². The smallest absolute Gasteiger partial charge is 0.137 e. The number of benzene rings is 1. The van der Waals surface area contributed by atoms with E-state index in [4.69, 9.17) is 4.74 Å². The molecule has 1 radical (unpaired) electrons. The number of methoxy groups -OCH3 is 1. The van der Waals surface area contributed by atoms with Crippen LogP contribution in [0, 0.1) is 18.8 Å². The molecule has 1 nitrogen and oxygen atoms in total. The summed E-state index contributed by atoms with van der Waals surface area (Å²) in [6.45, 7) is 1.69. The van der Waals surface area contributed by atoms with E-state index >= 15 is 0 Å². The molecule has 53 valence electrons. The van der Waals surface area contributed by atoms with E-state index in [1.807, 2.05) is 0 Å². The van der Waals surface area contributed by atoms with Crippen molar-refractivity contribution in [1.29, 1.82) is 0 Å². The Labute approximate surface area is 59.4 Å².